The number of carbonyl (C=O) groups excluding carboxylic acids is 1. The van der Waals surface area contributed by atoms with E-state index >= 15 is 0 Å². The molecular weight excluding hydrogens is 505 g/mol. The van der Waals surface area contributed by atoms with E-state index in [1.165, 1.54) is 25.3 Å². The number of ether oxygens (including phenoxy) is 1. The van der Waals surface area contributed by atoms with Gasteiger partial charge < -0.3 is 14.5 Å². The molecule has 0 aromatic heterocycles. The van der Waals surface area contributed by atoms with Crippen LogP contribution in [0.1, 0.15) is 5.56 Å². The third-order valence-electron chi connectivity index (χ3n) is 6.10. The molecule has 0 aliphatic carbocycles. The van der Waals surface area contributed by atoms with Crippen LogP contribution in [0.5, 0.6) is 5.75 Å². The van der Waals surface area contributed by atoms with Crippen molar-refractivity contribution in [3.63, 3.8) is 0 Å². The predicted molar refractivity (Wildman–Crippen MR) is 139 cm³/mol. The summed E-state index contributed by atoms with van der Waals surface area (Å²) in [5.74, 6) is -0.430. The second-order valence-corrected chi connectivity index (χ2v) is 10.8. The SMILES string of the molecule is COc1ccc(C)cc1S(=O)(=O)N(CC(=O)N1CCN(c2ccc(F)cc2)CC1)c1ccc(Cl)cc1. The largest absolute Gasteiger partial charge is 0.495 e. The van der Waals surface area contributed by atoms with Crippen LogP contribution in [0.3, 0.4) is 0 Å². The van der Waals surface area contributed by atoms with Gasteiger partial charge in [0.05, 0.1) is 12.8 Å². The zero-order valence-corrected chi connectivity index (χ0v) is 21.6. The second kappa shape index (κ2) is 10.8. The number of rotatable bonds is 7. The molecule has 3 aromatic carbocycles. The molecule has 36 heavy (non-hydrogen) atoms. The third-order valence-corrected chi connectivity index (χ3v) is 8.15. The molecule has 1 aliphatic rings. The van der Waals surface area contributed by atoms with Crippen LogP contribution >= 0.6 is 11.6 Å². The Morgan fingerprint density at radius 1 is 1.00 bits per heavy atom. The van der Waals surface area contributed by atoms with Crippen LogP contribution < -0.4 is 13.9 Å². The topological polar surface area (TPSA) is 70.2 Å². The first-order chi connectivity index (χ1) is 17.2. The molecule has 0 bridgehead atoms. The summed E-state index contributed by atoms with van der Waals surface area (Å²) in [7, 11) is -2.75. The van der Waals surface area contributed by atoms with Crippen LogP contribution in [0.15, 0.2) is 71.6 Å². The molecule has 1 fully saturated rings. The molecule has 0 radical (unpaired) electrons. The van der Waals surface area contributed by atoms with E-state index in [0.717, 1.165) is 15.6 Å². The van der Waals surface area contributed by atoms with Crippen LogP contribution in [0.25, 0.3) is 0 Å². The van der Waals surface area contributed by atoms with Gasteiger partial charge in [0.25, 0.3) is 10.0 Å². The Bertz CT molecular complexity index is 1330. The van der Waals surface area contributed by atoms with Crippen molar-refractivity contribution in [2.24, 2.45) is 0 Å². The van der Waals surface area contributed by atoms with Gasteiger partial charge in [-0.3, -0.25) is 9.10 Å². The summed E-state index contributed by atoms with van der Waals surface area (Å²) in [6.45, 7) is 3.35. The molecule has 1 aliphatic heterocycles. The summed E-state index contributed by atoms with van der Waals surface area (Å²) in [4.78, 5) is 17.0. The lowest BCUT2D eigenvalue weighted by atomic mass is 10.2. The molecule has 1 amide bonds. The summed E-state index contributed by atoms with van der Waals surface area (Å²) in [6.07, 6.45) is 0. The molecule has 7 nitrogen and oxygen atoms in total. The van der Waals surface area contributed by atoms with Gasteiger partial charge in [-0.1, -0.05) is 17.7 Å². The number of methoxy groups -OCH3 is 1. The molecule has 190 valence electrons. The number of sulfonamides is 1. The number of hydrogen-bond donors (Lipinski definition) is 0. The van der Waals surface area contributed by atoms with Crippen molar-refractivity contribution in [2.45, 2.75) is 11.8 Å². The Labute approximate surface area is 215 Å². The molecule has 0 N–H and O–H groups in total. The fraction of sp³-hybridized carbons (Fsp3) is 0.269. The maximum Gasteiger partial charge on any atom is 0.268 e. The van der Waals surface area contributed by atoms with Gasteiger partial charge in [-0.2, -0.15) is 0 Å². The number of piperazine rings is 1. The minimum absolute atomic E-state index is 0.0196. The highest BCUT2D eigenvalue weighted by Crippen LogP contribution is 2.31. The van der Waals surface area contributed by atoms with Crippen LogP contribution in [-0.4, -0.2) is 59.1 Å². The highest BCUT2D eigenvalue weighted by molar-refractivity contribution is 7.93. The fourth-order valence-electron chi connectivity index (χ4n) is 4.12. The number of benzene rings is 3. The summed E-state index contributed by atoms with van der Waals surface area (Å²) >= 11 is 6.03. The van der Waals surface area contributed by atoms with Gasteiger partial charge in [0, 0.05) is 36.9 Å². The molecule has 1 heterocycles. The minimum Gasteiger partial charge on any atom is -0.495 e. The number of carbonyl (C=O) groups is 1. The van der Waals surface area contributed by atoms with Crippen molar-refractivity contribution >= 4 is 38.9 Å². The van der Waals surface area contributed by atoms with E-state index in [-0.39, 0.29) is 28.9 Å². The van der Waals surface area contributed by atoms with E-state index in [9.17, 15) is 17.6 Å². The summed E-state index contributed by atoms with van der Waals surface area (Å²) < 4.78 is 47.3. The lowest BCUT2D eigenvalue weighted by Gasteiger charge is -2.37. The first kappa shape index (κ1) is 25.8. The van der Waals surface area contributed by atoms with E-state index in [0.29, 0.717) is 36.9 Å². The maximum atomic E-state index is 13.8. The molecule has 10 heteroatoms. The molecule has 0 unspecified atom stereocenters. The molecule has 0 atom stereocenters. The average molecular weight is 532 g/mol. The highest BCUT2D eigenvalue weighted by atomic mass is 35.5. The van der Waals surface area contributed by atoms with E-state index in [2.05, 4.69) is 4.90 Å². The Balaban J connectivity index is 1.58. The smallest absolute Gasteiger partial charge is 0.268 e. The Morgan fingerprint density at radius 3 is 2.25 bits per heavy atom. The number of aryl methyl sites for hydroxylation is 1. The standard InChI is InChI=1S/C26H27ClFN3O4S/c1-19-3-12-24(35-2)25(17-19)36(33,34)31(23-8-4-20(27)5-9-23)18-26(32)30-15-13-29(14-16-30)22-10-6-21(28)7-11-22/h3-12,17H,13-16,18H2,1-2H3. The number of halogens is 2. The van der Waals surface area contributed by atoms with Crippen LogP contribution in [0.2, 0.25) is 5.02 Å². The Kier molecular flexibility index (Phi) is 7.70. The monoisotopic (exact) mass is 531 g/mol. The molecule has 0 spiro atoms. The number of nitrogens with zero attached hydrogens (tertiary/aromatic N) is 3. The van der Waals surface area contributed by atoms with Gasteiger partial charge in [0.1, 0.15) is 23.0 Å². The highest BCUT2D eigenvalue weighted by Gasteiger charge is 2.32. The molecule has 1 saturated heterocycles. The van der Waals surface area contributed by atoms with E-state index in [1.807, 2.05) is 0 Å². The van der Waals surface area contributed by atoms with Gasteiger partial charge in [-0.05, 0) is 73.2 Å². The van der Waals surface area contributed by atoms with Crippen LogP contribution in [-0.2, 0) is 14.8 Å². The van der Waals surface area contributed by atoms with Gasteiger partial charge in [-0.15, -0.1) is 0 Å². The van der Waals surface area contributed by atoms with Gasteiger partial charge in [0.2, 0.25) is 5.91 Å². The van der Waals surface area contributed by atoms with E-state index in [4.69, 9.17) is 16.3 Å². The quantitative estimate of drug-likeness (QED) is 0.453. The Hall–Kier alpha value is -3.30. The van der Waals surface area contributed by atoms with Crippen molar-refractivity contribution in [1.29, 1.82) is 0 Å². The van der Waals surface area contributed by atoms with Gasteiger partial charge >= 0.3 is 0 Å². The van der Waals surface area contributed by atoms with E-state index in [1.54, 1.807) is 60.4 Å². The third kappa shape index (κ3) is 5.57. The molecular formula is C26H27ClFN3O4S. The predicted octanol–water partition coefficient (Wildman–Crippen LogP) is 4.34. The summed E-state index contributed by atoms with van der Waals surface area (Å²) in [6, 6.07) is 17.4. The summed E-state index contributed by atoms with van der Waals surface area (Å²) in [5.41, 5.74) is 1.94. The van der Waals surface area contributed by atoms with Crippen LogP contribution in [0.4, 0.5) is 15.8 Å². The van der Waals surface area contributed by atoms with Crippen molar-refractivity contribution in [3.8, 4) is 5.75 Å². The van der Waals surface area contributed by atoms with Crippen molar-refractivity contribution in [2.75, 3.05) is 49.0 Å². The van der Waals surface area contributed by atoms with Crippen molar-refractivity contribution in [1.82, 2.24) is 4.90 Å². The molecule has 0 saturated carbocycles. The maximum absolute atomic E-state index is 13.8. The zero-order valence-electron chi connectivity index (χ0n) is 20.0. The normalized spacial score (nSPS) is 14.0. The van der Waals surface area contributed by atoms with Gasteiger partial charge in [-0.25, -0.2) is 12.8 Å². The first-order valence-electron chi connectivity index (χ1n) is 11.4. The average Bonchev–Trinajstić information content (AvgIpc) is 2.88. The molecule has 4 rings (SSSR count). The van der Waals surface area contributed by atoms with Crippen molar-refractivity contribution < 1.29 is 22.3 Å². The zero-order chi connectivity index (χ0) is 25.9. The second-order valence-electron chi connectivity index (χ2n) is 8.49. The number of amides is 1. The number of anilines is 2. The Morgan fingerprint density at radius 2 is 1.64 bits per heavy atom. The van der Waals surface area contributed by atoms with E-state index < -0.39 is 10.0 Å². The lowest BCUT2D eigenvalue weighted by Crippen LogP contribution is -2.52. The first-order valence-corrected chi connectivity index (χ1v) is 13.2. The minimum atomic E-state index is -4.15. The lowest BCUT2D eigenvalue weighted by molar-refractivity contribution is -0.129. The number of hydrogen-bond acceptors (Lipinski definition) is 5. The van der Waals surface area contributed by atoms with Crippen molar-refractivity contribution in [3.05, 3.63) is 83.1 Å². The summed E-state index contributed by atoms with van der Waals surface area (Å²) in [5, 5.41) is 0.451. The molecule has 3 aromatic rings. The van der Waals surface area contributed by atoms with Crippen LogP contribution in [0, 0.1) is 12.7 Å². The fourth-order valence-corrected chi connectivity index (χ4v) is 5.90. The van der Waals surface area contributed by atoms with Gasteiger partial charge in [0.15, 0.2) is 0 Å².